The van der Waals surface area contributed by atoms with Gasteiger partial charge in [0.2, 0.25) is 0 Å². The first-order chi connectivity index (χ1) is 6.98. The van der Waals surface area contributed by atoms with Gasteiger partial charge in [-0.05, 0) is 11.6 Å². The average Bonchev–Trinajstić information content (AvgIpc) is 2.21. The highest BCUT2D eigenvalue weighted by molar-refractivity contribution is 7.90. The fraction of sp³-hybridized carbons (Fsp3) is 0.400. The normalized spacial score (nSPS) is 11.7. The van der Waals surface area contributed by atoms with Crippen molar-refractivity contribution in [2.24, 2.45) is 5.73 Å². The number of sulfone groups is 1. The van der Waals surface area contributed by atoms with Crippen LogP contribution in [-0.2, 0) is 22.1 Å². The molecule has 0 saturated carbocycles. The monoisotopic (exact) mass is 231 g/mol. The summed E-state index contributed by atoms with van der Waals surface area (Å²) < 4.78 is 35.9. The SMILES string of the molecule is CCS(=O)(=O)Cc1cc(CN)ccc1F. The molecular formula is C10H14FNO2S. The van der Waals surface area contributed by atoms with Crippen molar-refractivity contribution in [2.75, 3.05) is 5.75 Å². The quantitative estimate of drug-likeness (QED) is 0.847. The van der Waals surface area contributed by atoms with Crippen LogP contribution in [0.3, 0.4) is 0 Å². The Bertz CT molecular complexity index is 443. The van der Waals surface area contributed by atoms with Crippen molar-refractivity contribution in [1.29, 1.82) is 0 Å². The molecule has 1 rings (SSSR count). The maximum Gasteiger partial charge on any atom is 0.154 e. The minimum absolute atomic E-state index is 0.0132. The molecule has 0 spiro atoms. The number of halogens is 1. The molecule has 0 aliphatic heterocycles. The molecule has 0 aliphatic carbocycles. The van der Waals surface area contributed by atoms with Gasteiger partial charge >= 0.3 is 0 Å². The van der Waals surface area contributed by atoms with Crippen LogP contribution in [0.4, 0.5) is 4.39 Å². The molecule has 3 nitrogen and oxygen atoms in total. The second kappa shape index (κ2) is 4.72. The van der Waals surface area contributed by atoms with Gasteiger partial charge in [0.05, 0.1) is 5.75 Å². The highest BCUT2D eigenvalue weighted by atomic mass is 32.2. The Labute approximate surface area is 89.0 Å². The van der Waals surface area contributed by atoms with Gasteiger partial charge in [0.15, 0.2) is 9.84 Å². The van der Waals surface area contributed by atoms with E-state index in [1.54, 1.807) is 13.0 Å². The molecule has 5 heteroatoms. The fourth-order valence-corrected chi connectivity index (χ4v) is 2.10. The van der Waals surface area contributed by atoms with Crippen molar-refractivity contribution in [3.63, 3.8) is 0 Å². The van der Waals surface area contributed by atoms with Crippen LogP contribution >= 0.6 is 0 Å². The molecule has 84 valence electrons. The van der Waals surface area contributed by atoms with Crippen LogP contribution in [-0.4, -0.2) is 14.2 Å². The number of benzene rings is 1. The van der Waals surface area contributed by atoms with Gasteiger partial charge in [0.25, 0.3) is 0 Å². The molecule has 0 unspecified atom stereocenters. The van der Waals surface area contributed by atoms with Gasteiger partial charge in [0, 0.05) is 17.9 Å². The van der Waals surface area contributed by atoms with Gasteiger partial charge in [0.1, 0.15) is 5.82 Å². The third-order valence-electron chi connectivity index (χ3n) is 2.16. The van der Waals surface area contributed by atoms with Gasteiger partial charge in [-0.1, -0.05) is 19.1 Å². The summed E-state index contributed by atoms with van der Waals surface area (Å²) in [6.07, 6.45) is 0. The molecule has 1 aromatic carbocycles. The van der Waals surface area contributed by atoms with Crippen LogP contribution in [0.2, 0.25) is 0 Å². The Kier molecular flexibility index (Phi) is 3.82. The standard InChI is InChI=1S/C10H14FNO2S/c1-2-15(13,14)7-9-5-8(6-12)3-4-10(9)11/h3-5H,2,6-7,12H2,1H3. The van der Waals surface area contributed by atoms with Crippen molar-refractivity contribution in [2.45, 2.75) is 19.2 Å². The zero-order valence-corrected chi connectivity index (χ0v) is 9.35. The summed E-state index contributed by atoms with van der Waals surface area (Å²) in [6, 6.07) is 4.31. The molecule has 1 aromatic rings. The maximum absolute atomic E-state index is 13.3. The van der Waals surface area contributed by atoms with Crippen LogP contribution in [0.15, 0.2) is 18.2 Å². The molecule has 15 heavy (non-hydrogen) atoms. The summed E-state index contributed by atoms with van der Waals surface area (Å²) in [7, 11) is -3.20. The van der Waals surface area contributed by atoms with Crippen molar-refractivity contribution in [1.82, 2.24) is 0 Å². The van der Waals surface area contributed by atoms with E-state index in [1.807, 2.05) is 0 Å². The Balaban J connectivity index is 3.04. The van der Waals surface area contributed by atoms with Crippen molar-refractivity contribution in [3.8, 4) is 0 Å². The Morgan fingerprint density at radius 2 is 2.07 bits per heavy atom. The lowest BCUT2D eigenvalue weighted by Crippen LogP contribution is -2.09. The van der Waals surface area contributed by atoms with E-state index in [-0.39, 0.29) is 23.6 Å². The second-order valence-corrected chi connectivity index (χ2v) is 5.66. The Morgan fingerprint density at radius 1 is 1.40 bits per heavy atom. The maximum atomic E-state index is 13.3. The summed E-state index contributed by atoms with van der Waals surface area (Å²) in [5.41, 5.74) is 6.32. The minimum atomic E-state index is -3.20. The second-order valence-electron chi connectivity index (χ2n) is 3.31. The lowest BCUT2D eigenvalue weighted by atomic mass is 10.1. The van der Waals surface area contributed by atoms with E-state index in [9.17, 15) is 12.8 Å². The highest BCUT2D eigenvalue weighted by Gasteiger charge is 2.12. The van der Waals surface area contributed by atoms with E-state index in [4.69, 9.17) is 5.73 Å². The summed E-state index contributed by atoms with van der Waals surface area (Å²) in [6.45, 7) is 1.82. The average molecular weight is 231 g/mol. The zero-order valence-electron chi connectivity index (χ0n) is 8.53. The summed E-state index contributed by atoms with van der Waals surface area (Å²) in [5.74, 6) is -0.744. The van der Waals surface area contributed by atoms with Gasteiger partial charge < -0.3 is 5.73 Å². The van der Waals surface area contributed by atoms with E-state index >= 15 is 0 Å². The van der Waals surface area contributed by atoms with E-state index in [2.05, 4.69) is 0 Å². The van der Waals surface area contributed by atoms with Crippen LogP contribution in [0.1, 0.15) is 18.1 Å². The van der Waals surface area contributed by atoms with E-state index in [0.717, 1.165) is 5.56 Å². The van der Waals surface area contributed by atoms with Crippen LogP contribution in [0, 0.1) is 5.82 Å². The first-order valence-electron chi connectivity index (χ1n) is 4.66. The lowest BCUT2D eigenvalue weighted by molar-refractivity contribution is 0.587. The Hall–Kier alpha value is -0.940. The van der Waals surface area contributed by atoms with Crippen LogP contribution < -0.4 is 5.73 Å². The molecule has 0 fully saturated rings. The molecule has 0 atom stereocenters. The molecule has 0 amide bonds. The summed E-state index contributed by atoms with van der Waals surface area (Å²) in [4.78, 5) is 0. The smallest absolute Gasteiger partial charge is 0.154 e. The summed E-state index contributed by atoms with van der Waals surface area (Å²) >= 11 is 0. The van der Waals surface area contributed by atoms with Gasteiger partial charge in [-0.15, -0.1) is 0 Å². The van der Waals surface area contributed by atoms with Gasteiger partial charge in [-0.2, -0.15) is 0 Å². The largest absolute Gasteiger partial charge is 0.326 e. The van der Waals surface area contributed by atoms with Crippen molar-refractivity contribution < 1.29 is 12.8 Å². The van der Waals surface area contributed by atoms with Gasteiger partial charge in [-0.25, -0.2) is 12.8 Å². The zero-order chi connectivity index (χ0) is 11.5. The van der Waals surface area contributed by atoms with E-state index in [1.165, 1.54) is 12.1 Å². The number of hydrogen-bond acceptors (Lipinski definition) is 3. The molecule has 0 heterocycles. The first-order valence-corrected chi connectivity index (χ1v) is 6.48. The van der Waals surface area contributed by atoms with Crippen LogP contribution in [0.5, 0.6) is 0 Å². The fourth-order valence-electron chi connectivity index (χ4n) is 1.20. The van der Waals surface area contributed by atoms with E-state index < -0.39 is 15.7 Å². The predicted octanol–water partition coefficient (Wildman–Crippen LogP) is 1.22. The molecule has 0 radical (unpaired) electrons. The Morgan fingerprint density at radius 3 is 2.60 bits per heavy atom. The predicted molar refractivity (Wildman–Crippen MR) is 57.5 cm³/mol. The highest BCUT2D eigenvalue weighted by Crippen LogP contribution is 2.14. The molecular weight excluding hydrogens is 217 g/mol. The number of nitrogens with two attached hydrogens (primary N) is 1. The van der Waals surface area contributed by atoms with Crippen molar-refractivity contribution >= 4 is 9.84 Å². The minimum Gasteiger partial charge on any atom is -0.326 e. The third kappa shape index (κ3) is 3.28. The van der Waals surface area contributed by atoms with Gasteiger partial charge in [-0.3, -0.25) is 0 Å². The molecule has 0 aliphatic rings. The van der Waals surface area contributed by atoms with Crippen LogP contribution in [0.25, 0.3) is 0 Å². The lowest BCUT2D eigenvalue weighted by Gasteiger charge is -2.05. The van der Waals surface area contributed by atoms with E-state index in [0.29, 0.717) is 0 Å². The molecule has 0 saturated heterocycles. The van der Waals surface area contributed by atoms with Crippen molar-refractivity contribution in [3.05, 3.63) is 35.1 Å². The first kappa shape index (κ1) is 12.1. The molecule has 0 aromatic heterocycles. The number of hydrogen-bond donors (Lipinski definition) is 1. The molecule has 2 N–H and O–H groups in total. The number of rotatable bonds is 4. The topological polar surface area (TPSA) is 60.2 Å². The third-order valence-corrected chi connectivity index (χ3v) is 3.79. The molecule has 0 bridgehead atoms. The summed E-state index contributed by atoms with van der Waals surface area (Å²) in [5, 5.41) is 0.